The average molecular weight is 582 g/mol. The molecule has 1 N–H and O–H groups in total. The van der Waals surface area contributed by atoms with Crippen LogP contribution in [0.1, 0.15) is 44.6 Å². The van der Waals surface area contributed by atoms with Crippen molar-refractivity contribution in [1.29, 1.82) is 0 Å². The number of methoxy groups -OCH3 is 1. The molecule has 218 valence electrons. The summed E-state index contributed by atoms with van der Waals surface area (Å²) >= 11 is 0. The van der Waals surface area contributed by atoms with Crippen molar-refractivity contribution >= 4 is 27.5 Å². The van der Waals surface area contributed by atoms with E-state index in [1.165, 1.54) is 30.2 Å². The lowest BCUT2D eigenvalue weighted by Crippen LogP contribution is -2.53. The Bertz CT molecular complexity index is 1440. The highest BCUT2D eigenvalue weighted by molar-refractivity contribution is 7.92. The van der Waals surface area contributed by atoms with Gasteiger partial charge in [0.1, 0.15) is 24.2 Å². The third-order valence-electron chi connectivity index (χ3n) is 7.38. The molecule has 10 heteroatoms. The number of ether oxygens (including phenoxy) is 1. The molecule has 1 aliphatic carbocycles. The summed E-state index contributed by atoms with van der Waals surface area (Å²) in [6.45, 7) is 0.735. The second kappa shape index (κ2) is 13.6. The fourth-order valence-electron chi connectivity index (χ4n) is 5.03. The maximum atomic E-state index is 14.7. The number of nitrogens with one attached hydrogen (secondary N) is 1. The quantitative estimate of drug-likeness (QED) is 0.348. The number of nitrogens with zero attached hydrogens (tertiary/aromatic N) is 2. The van der Waals surface area contributed by atoms with E-state index in [-0.39, 0.29) is 40.4 Å². The van der Waals surface area contributed by atoms with Crippen LogP contribution in [-0.2, 0) is 26.2 Å². The summed E-state index contributed by atoms with van der Waals surface area (Å²) in [7, 11) is -2.82. The van der Waals surface area contributed by atoms with E-state index < -0.39 is 34.3 Å². The number of para-hydroxylation sites is 2. The maximum Gasteiger partial charge on any atom is 0.264 e. The Labute approximate surface area is 241 Å². The fourth-order valence-corrected chi connectivity index (χ4v) is 6.48. The third kappa shape index (κ3) is 7.24. The summed E-state index contributed by atoms with van der Waals surface area (Å²) in [6, 6.07) is 19.3. The molecule has 0 heterocycles. The lowest BCUT2D eigenvalue weighted by atomic mass is 9.95. The van der Waals surface area contributed by atoms with Gasteiger partial charge < -0.3 is 15.0 Å². The van der Waals surface area contributed by atoms with Gasteiger partial charge in [0.2, 0.25) is 11.8 Å². The average Bonchev–Trinajstić information content (AvgIpc) is 3.00. The van der Waals surface area contributed by atoms with Crippen LogP contribution in [0.5, 0.6) is 5.75 Å². The van der Waals surface area contributed by atoms with Gasteiger partial charge in [-0.25, -0.2) is 12.8 Å². The molecule has 0 aromatic heterocycles. The van der Waals surface area contributed by atoms with Crippen LogP contribution in [0.15, 0.2) is 83.8 Å². The van der Waals surface area contributed by atoms with Gasteiger partial charge in [-0.15, -0.1) is 0 Å². The summed E-state index contributed by atoms with van der Waals surface area (Å²) in [6.07, 6.45) is 4.87. The van der Waals surface area contributed by atoms with E-state index in [0.29, 0.717) is 0 Å². The number of halogens is 1. The second-order valence-corrected chi connectivity index (χ2v) is 12.0. The first-order valence-electron chi connectivity index (χ1n) is 13.8. The zero-order chi connectivity index (χ0) is 29.4. The lowest BCUT2D eigenvalue weighted by Gasteiger charge is -2.33. The van der Waals surface area contributed by atoms with Crippen molar-refractivity contribution in [2.24, 2.45) is 0 Å². The number of hydrogen-bond donors (Lipinski definition) is 1. The number of hydrogen-bond acceptors (Lipinski definition) is 5. The van der Waals surface area contributed by atoms with Gasteiger partial charge >= 0.3 is 0 Å². The molecule has 2 amide bonds. The van der Waals surface area contributed by atoms with E-state index in [9.17, 15) is 22.4 Å². The van der Waals surface area contributed by atoms with Gasteiger partial charge in [-0.1, -0.05) is 67.8 Å². The first-order chi connectivity index (χ1) is 19.7. The van der Waals surface area contributed by atoms with E-state index in [4.69, 9.17) is 4.74 Å². The molecule has 1 unspecified atom stereocenters. The Morgan fingerprint density at radius 2 is 1.59 bits per heavy atom. The normalized spacial score (nSPS) is 14.6. The molecule has 0 aliphatic heterocycles. The van der Waals surface area contributed by atoms with Crippen molar-refractivity contribution in [1.82, 2.24) is 10.2 Å². The second-order valence-electron chi connectivity index (χ2n) is 10.1. The zero-order valence-corrected chi connectivity index (χ0v) is 24.1. The van der Waals surface area contributed by atoms with Crippen LogP contribution in [0.4, 0.5) is 10.1 Å². The Morgan fingerprint density at radius 3 is 2.27 bits per heavy atom. The van der Waals surface area contributed by atoms with Crippen LogP contribution < -0.4 is 14.4 Å². The zero-order valence-electron chi connectivity index (χ0n) is 23.3. The summed E-state index contributed by atoms with van der Waals surface area (Å²) in [5.74, 6) is -1.30. The van der Waals surface area contributed by atoms with E-state index in [1.54, 1.807) is 67.6 Å². The minimum Gasteiger partial charge on any atom is -0.495 e. The molecule has 3 aromatic rings. The van der Waals surface area contributed by atoms with E-state index in [0.717, 1.165) is 36.4 Å². The summed E-state index contributed by atoms with van der Waals surface area (Å²) in [5, 5.41) is 3.04. The molecule has 1 fully saturated rings. The molecule has 1 atom stereocenters. The van der Waals surface area contributed by atoms with Gasteiger partial charge in [-0.2, -0.15) is 0 Å². The number of anilines is 1. The SMILES string of the molecule is COc1ccccc1N(CC(=O)N(Cc1ccccc1F)C(C)C(=O)NC1CCCCC1)S(=O)(=O)c1ccccc1. The van der Waals surface area contributed by atoms with Gasteiger partial charge in [0.05, 0.1) is 17.7 Å². The number of benzene rings is 3. The number of rotatable bonds is 11. The molecular formula is C31H36FN3O5S. The summed E-state index contributed by atoms with van der Waals surface area (Å²) in [4.78, 5) is 28.6. The molecule has 0 spiro atoms. The van der Waals surface area contributed by atoms with Crippen molar-refractivity contribution in [3.05, 3.63) is 90.2 Å². The van der Waals surface area contributed by atoms with Gasteiger partial charge in [-0.05, 0) is 50.1 Å². The van der Waals surface area contributed by atoms with Crippen molar-refractivity contribution < 1.29 is 27.1 Å². The Kier molecular flexibility index (Phi) is 9.99. The summed E-state index contributed by atoms with van der Waals surface area (Å²) < 4.78 is 48.9. The van der Waals surface area contributed by atoms with Gasteiger partial charge in [-0.3, -0.25) is 13.9 Å². The van der Waals surface area contributed by atoms with Crippen LogP contribution >= 0.6 is 0 Å². The van der Waals surface area contributed by atoms with Crippen LogP contribution in [0.3, 0.4) is 0 Å². The van der Waals surface area contributed by atoms with Gasteiger partial charge in [0.15, 0.2) is 0 Å². The molecule has 0 saturated heterocycles. The van der Waals surface area contributed by atoms with E-state index in [1.807, 2.05) is 0 Å². The molecule has 0 radical (unpaired) electrons. The molecule has 41 heavy (non-hydrogen) atoms. The number of carbonyl (C=O) groups excluding carboxylic acids is 2. The number of amides is 2. The Morgan fingerprint density at radius 1 is 0.951 bits per heavy atom. The first kappa shape index (κ1) is 30.0. The van der Waals surface area contributed by atoms with Gasteiger partial charge in [0.25, 0.3) is 10.0 Å². The molecule has 8 nitrogen and oxygen atoms in total. The Balaban J connectivity index is 1.70. The van der Waals surface area contributed by atoms with E-state index >= 15 is 0 Å². The molecule has 1 saturated carbocycles. The topological polar surface area (TPSA) is 96.0 Å². The van der Waals surface area contributed by atoms with Crippen molar-refractivity contribution in [2.75, 3.05) is 18.0 Å². The predicted octanol–water partition coefficient (Wildman–Crippen LogP) is 4.90. The molecular weight excluding hydrogens is 545 g/mol. The molecule has 4 rings (SSSR count). The van der Waals surface area contributed by atoms with Crippen molar-refractivity contribution in [2.45, 2.75) is 62.6 Å². The number of carbonyl (C=O) groups is 2. The largest absolute Gasteiger partial charge is 0.495 e. The van der Waals surface area contributed by atoms with Crippen LogP contribution in [0, 0.1) is 5.82 Å². The highest BCUT2D eigenvalue weighted by atomic mass is 32.2. The third-order valence-corrected chi connectivity index (χ3v) is 9.16. The number of sulfonamides is 1. The van der Waals surface area contributed by atoms with Crippen LogP contribution in [-0.4, -0.2) is 50.9 Å². The maximum absolute atomic E-state index is 14.7. The highest BCUT2D eigenvalue weighted by Gasteiger charge is 2.34. The monoisotopic (exact) mass is 581 g/mol. The molecule has 1 aliphatic rings. The highest BCUT2D eigenvalue weighted by Crippen LogP contribution is 2.32. The predicted molar refractivity (Wildman–Crippen MR) is 155 cm³/mol. The standard InChI is InChI=1S/C31H36FN3O5S/c1-23(31(37)33-25-14-5-3-6-15-25)34(21-24-13-9-10-18-27(24)32)30(36)22-35(28-19-11-12-20-29(28)40-2)41(38,39)26-16-7-4-8-17-26/h4,7-13,16-20,23,25H,3,5-6,14-15,21-22H2,1-2H3,(H,33,37). The smallest absolute Gasteiger partial charge is 0.264 e. The first-order valence-corrected chi connectivity index (χ1v) is 15.2. The minimum atomic E-state index is -4.23. The lowest BCUT2D eigenvalue weighted by molar-refractivity contribution is -0.139. The van der Waals surface area contributed by atoms with E-state index in [2.05, 4.69) is 5.32 Å². The van der Waals surface area contributed by atoms with Crippen LogP contribution in [0.25, 0.3) is 0 Å². The summed E-state index contributed by atoms with van der Waals surface area (Å²) in [5.41, 5.74) is 0.380. The van der Waals surface area contributed by atoms with Crippen molar-refractivity contribution in [3.63, 3.8) is 0 Å². The Hall–Kier alpha value is -3.92. The molecule has 0 bridgehead atoms. The van der Waals surface area contributed by atoms with Crippen molar-refractivity contribution in [3.8, 4) is 5.75 Å². The molecule has 3 aromatic carbocycles. The van der Waals surface area contributed by atoms with Gasteiger partial charge in [0, 0.05) is 18.2 Å². The minimum absolute atomic E-state index is 0.00708. The fraction of sp³-hybridized carbons (Fsp3) is 0.355. The van der Waals surface area contributed by atoms with Crippen LogP contribution in [0.2, 0.25) is 0 Å².